The summed E-state index contributed by atoms with van der Waals surface area (Å²) >= 11 is 0. The van der Waals surface area contributed by atoms with Gasteiger partial charge in [-0.15, -0.1) is 0 Å². The van der Waals surface area contributed by atoms with Crippen molar-refractivity contribution in [3.05, 3.63) is 0 Å². The Balaban J connectivity index is 2.38. The number of rotatable bonds is 7. The molecule has 1 rings (SSSR count). The molecule has 0 aromatic rings. The normalized spacial score (nSPS) is 19.4. The third kappa shape index (κ3) is 3.28. The lowest BCUT2D eigenvalue weighted by Gasteiger charge is -2.30. The van der Waals surface area contributed by atoms with E-state index in [-0.39, 0.29) is 0 Å². The molecular formula is C11H24N2. The van der Waals surface area contributed by atoms with E-state index in [2.05, 4.69) is 18.7 Å². The molecule has 0 radical (unpaired) electrons. The highest BCUT2D eigenvalue weighted by Crippen LogP contribution is 2.35. The van der Waals surface area contributed by atoms with Crippen molar-refractivity contribution in [2.75, 3.05) is 19.6 Å². The van der Waals surface area contributed by atoms with E-state index in [9.17, 15) is 0 Å². The van der Waals surface area contributed by atoms with Gasteiger partial charge in [-0.1, -0.05) is 13.8 Å². The number of nitrogens with zero attached hydrogens (tertiary/aromatic N) is 1. The van der Waals surface area contributed by atoms with Crippen molar-refractivity contribution in [3.63, 3.8) is 0 Å². The van der Waals surface area contributed by atoms with Crippen LogP contribution in [0.3, 0.4) is 0 Å². The lowest BCUT2D eigenvalue weighted by atomic mass is 10.1. The fourth-order valence-corrected chi connectivity index (χ4v) is 2.14. The Labute approximate surface area is 82.5 Å². The van der Waals surface area contributed by atoms with Gasteiger partial charge in [-0.05, 0) is 44.7 Å². The van der Waals surface area contributed by atoms with E-state index in [1.54, 1.807) is 0 Å². The van der Waals surface area contributed by atoms with E-state index in [1.807, 2.05) is 0 Å². The zero-order valence-corrected chi connectivity index (χ0v) is 9.13. The zero-order chi connectivity index (χ0) is 9.68. The van der Waals surface area contributed by atoms with Gasteiger partial charge in [-0.2, -0.15) is 0 Å². The van der Waals surface area contributed by atoms with Gasteiger partial charge in [0.1, 0.15) is 0 Å². The molecule has 0 heterocycles. The quantitative estimate of drug-likeness (QED) is 0.654. The molecule has 1 saturated carbocycles. The van der Waals surface area contributed by atoms with Crippen LogP contribution >= 0.6 is 0 Å². The molecule has 0 saturated heterocycles. The van der Waals surface area contributed by atoms with Crippen LogP contribution in [0.1, 0.15) is 39.5 Å². The van der Waals surface area contributed by atoms with Crippen molar-refractivity contribution >= 4 is 0 Å². The summed E-state index contributed by atoms with van der Waals surface area (Å²) in [7, 11) is 0. The third-order valence-electron chi connectivity index (χ3n) is 2.90. The van der Waals surface area contributed by atoms with Gasteiger partial charge < -0.3 is 5.73 Å². The molecule has 1 unspecified atom stereocenters. The first-order valence-corrected chi connectivity index (χ1v) is 5.77. The van der Waals surface area contributed by atoms with Crippen LogP contribution in [-0.2, 0) is 0 Å². The maximum atomic E-state index is 5.83. The van der Waals surface area contributed by atoms with Gasteiger partial charge in [0.25, 0.3) is 0 Å². The molecule has 0 aliphatic heterocycles. The van der Waals surface area contributed by atoms with E-state index in [4.69, 9.17) is 5.73 Å². The van der Waals surface area contributed by atoms with Crippen LogP contribution in [0.4, 0.5) is 0 Å². The van der Waals surface area contributed by atoms with Gasteiger partial charge in [-0.25, -0.2) is 0 Å². The third-order valence-corrected chi connectivity index (χ3v) is 2.90. The number of hydrogen-bond donors (Lipinski definition) is 1. The summed E-state index contributed by atoms with van der Waals surface area (Å²) in [6.45, 7) is 7.81. The summed E-state index contributed by atoms with van der Waals surface area (Å²) in [6, 6.07) is 0.680. The molecule has 2 nitrogen and oxygen atoms in total. The van der Waals surface area contributed by atoms with Crippen molar-refractivity contribution in [2.24, 2.45) is 11.7 Å². The maximum Gasteiger partial charge on any atom is 0.0246 e. The topological polar surface area (TPSA) is 29.3 Å². The lowest BCUT2D eigenvalue weighted by Crippen LogP contribution is -2.43. The highest BCUT2D eigenvalue weighted by Gasteiger charge is 2.33. The Hall–Kier alpha value is -0.0800. The predicted octanol–water partition coefficient (Wildman–Crippen LogP) is 1.85. The Morgan fingerprint density at radius 2 is 1.77 bits per heavy atom. The van der Waals surface area contributed by atoms with E-state index in [0.29, 0.717) is 6.04 Å². The van der Waals surface area contributed by atoms with Gasteiger partial charge in [0, 0.05) is 12.6 Å². The van der Waals surface area contributed by atoms with Crippen molar-refractivity contribution in [1.29, 1.82) is 0 Å². The van der Waals surface area contributed by atoms with Gasteiger partial charge in [0.05, 0.1) is 0 Å². The first-order chi connectivity index (χ1) is 6.33. The summed E-state index contributed by atoms with van der Waals surface area (Å²) in [5.74, 6) is 0.920. The van der Waals surface area contributed by atoms with Gasteiger partial charge in [-0.3, -0.25) is 4.90 Å². The largest absolute Gasteiger partial charge is 0.329 e. The van der Waals surface area contributed by atoms with Crippen molar-refractivity contribution in [1.82, 2.24) is 4.90 Å². The van der Waals surface area contributed by atoms with Crippen LogP contribution in [-0.4, -0.2) is 30.6 Å². The van der Waals surface area contributed by atoms with Crippen molar-refractivity contribution < 1.29 is 0 Å². The monoisotopic (exact) mass is 184 g/mol. The summed E-state index contributed by atoms with van der Waals surface area (Å²) in [4.78, 5) is 2.59. The Morgan fingerprint density at radius 1 is 1.23 bits per heavy atom. The van der Waals surface area contributed by atoms with Crippen LogP contribution in [0.25, 0.3) is 0 Å². The molecule has 2 N–H and O–H groups in total. The zero-order valence-electron chi connectivity index (χ0n) is 9.13. The second-order valence-corrected chi connectivity index (χ2v) is 4.18. The van der Waals surface area contributed by atoms with Crippen LogP contribution in [0.5, 0.6) is 0 Å². The minimum absolute atomic E-state index is 0.680. The molecular weight excluding hydrogens is 160 g/mol. The molecule has 1 fully saturated rings. The van der Waals surface area contributed by atoms with Crippen LogP contribution < -0.4 is 5.73 Å². The molecule has 2 heteroatoms. The fourth-order valence-electron chi connectivity index (χ4n) is 2.14. The molecule has 1 aliphatic carbocycles. The fraction of sp³-hybridized carbons (Fsp3) is 1.00. The van der Waals surface area contributed by atoms with Gasteiger partial charge >= 0.3 is 0 Å². The summed E-state index contributed by atoms with van der Waals surface area (Å²) in [6.07, 6.45) is 5.32. The van der Waals surface area contributed by atoms with Crippen LogP contribution in [0.15, 0.2) is 0 Å². The first-order valence-electron chi connectivity index (χ1n) is 5.77. The molecule has 0 bridgehead atoms. The predicted molar refractivity (Wildman–Crippen MR) is 57.7 cm³/mol. The SMILES string of the molecule is CCCN(CCC)C(CN)C1CC1. The summed E-state index contributed by atoms with van der Waals surface area (Å²) in [5, 5.41) is 0. The molecule has 13 heavy (non-hydrogen) atoms. The minimum Gasteiger partial charge on any atom is -0.329 e. The maximum absolute atomic E-state index is 5.83. The smallest absolute Gasteiger partial charge is 0.0246 e. The van der Waals surface area contributed by atoms with E-state index < -0.39 is 0 Å². The van der Waals surface area contributed by atoms with Crippen molar-refractivity contribution in [2.45, 2.75) is 45.6 Å². The molecule has 1 aliphatic rings. The molecule has 0 aromatic heterocycles. The van der Waals surface area contributed by atoms with Gasteiger partial charge in [0.2, 0.25) is 0 Å². The Morgan fingerprint density at radius 3 is 2.08 bits per heavy atom. The Kier molecular flexibility index (Phi) is 4.74. The Bertz CT molecular complexity index is 126. The molecule has 0 spiro atoms. The number of nitrogens with two attached hydrogens (primary N) is 1. The van der Waals surface area contributed by atoms with Crippen molar-refractivity contribution in [3.8, 4) is 0 Å². The summed E-state index contributed by atoms with van der Waals surface area (Å²) < 4.78 is 0. The van der Waals surface area contributed by atoms with Crippen LogP contribution in [0.2, 0.25) is 0 Å². The molecule has 0 aromatic carbocycles. The van der Waals surface area contributed by atoms with Crippen LogP contribution in [0, 0.1) is 5.92 Å². The van der Waals surface area contributed by atoms with Gasteiger partial charge in [0.15, 0.2) is 0 Å². The second-order valence-electron chi connectivity index (χ2n) is 4.18. The van der Waals surface area contributed by atoms with E-state index in [1.165, 1.54) is 38.8 Å². The average molecular weight is 184 g/mol. The highest BCUT2D eigenvalue weighted by atomic mass is 15.2. The summed E-state index contributed by atoms with van der Waals surface area (Å²) in [5.41, 5.74) is 5.83. The lowest BCUT2D eigenvalue weighted by molar-refractivity contribution is 0.181. The second kappa shape index (κ2) is 5.61. The van der Waals surface area contributed by atoms with E-state index >= 15 is 0 Å². The number of hydrogen-bond acceptors (Lipinski definition) is 2. The molecule has 1 atom stereocenters. The minimum atomic E-state index is 0.680. The molecule has 0 amide bonds. The average Bonchev–Trinajstić information content (AvgIpc) is 2.90. The first kappa shape index (κ1) is 11.0. The van der Waals surface area contributed by atoms with E-state index in [0.717, 1.165) is 12.5 Å². The standard InChI is InChI=1S/C11H24N2/c1-3-7-13(8-4-2)11(9-12)10-5-6-10/h10-11H,3-9,12H2,1-2H3. The highest BCUT2D eigenvalue weighted by molar-refractivity contribution is 4.88. The molecule has 78 valence electrons.